The molecule has 0 N–H and O–H groups in total. The zero-order valence-electron chi connectivity index (χ0n) is 17.1. The average Bonchev–Trinajstić information content (AvgIpc) is 2.75. The average molecular weight is 444 g/mol. The zero-order chi connectivity index (χ0) is 21.0. The Balaban J connectivity index is 1.69. The maximum atomic E-state index is 13.1. The fourth-order valence-electron chi connectivity index (χ4n) is 3.97. The highest BCUT2D eigenvalue weighted by Crippen LogP contribution is 2.31. The summed E-state index contributed by atoms with van der Waals surface area (Å²) in [5.74, 6) is 0.251. The van der Waals surface area contributed by atoms with Crippen LogP contribution >= 0.6 is 11.6 Å². The van der Waals surface area contributed by atoms with Gasteiger partial charge in [0.2, 0.25) is 15.9 Å². The predicted molar refractivity (Wildman–Crippen MR) is 113 cm³/mol. The minimum absolute atomic E-state index is 0.0744. The van der Waals surface area contributed by atoms with Crippen molar-refractivity contribution in [2.24, 2.45) is 5.92 Å². The molecule has 2 aliphatic heterocycles. The molecular formula is C20H30ClN3O4S. The summed E-state index contributed by atoms with van der Waals surface area (Å²) in [6.45, 7) is 9.22. The molecule has 2 aliphatic rings. The van der Waals surface area contributed by atoms with E-state index in [1.807, 2.05) is 11.8 Å². The molecule has 0 aliphatic carbocycles. The summed E-state index contributed by atoms with van der Waals surface area (Å²) in [7, 11) is -3.71. The molecule has 1 atom stereocenters. The minimum Gasteiger partial charge on any atom is -0.492 e. The number of hydrogen-bond donors (Lipinski definition) is 0. The highest BCUT2D eigenvalue weighted by Gasteiger charge is 2.36. The first kappa shape index (κ1) is 22.3. The van der Waals surface area contributed by atoms with Crippen LogP contribution in [0.1, 0.15) is 26.7 Å². The molecule has 0 radical (unpaired) electrons. The molecule has 9 heteroatoms. The number of sulfonamides is 1. The third kappa shape index (κ3) is 5.05. The molecule has 1 aromatic carbocycles. The molecule has 1 amide bonds. The van der Waals surface area contributed by atoms with E-state index in [1.54, 1.807) is 6.07 Å². The molecule has 2 heterocycles. The highest BCUT2D eigenvalue weighted by molar-refractivity contribution is 7.89. The molecule has 3 rings (SSSR count). The van der Waals surface area contributed by atoms with Crippen LogP contribution in [0.15, 0.2) is 23.1 Å². The fraction of sp³-hybridized carbons (Fsp3) is 0.650. The Morgan fingerprint density at radius 3 is 2.52 bits per heavy atom. The van der Waals surface area contributed by atoms with Crippen molar-refractivity contribution >= 4 is 27.5 Å². The quantitative estimate of drug-likeness (QED) is 0.674. The molecule has 0 saturated carbocycles. The third-order valence-electron chi connectivity index (χ3n) is 5.71. The molecular weight excluding hydrogens is 414 g/mol. The van der Waals surface area contributed by atoms with Crippen LogP contribution in [0.3, 0.4) is 0 Å². The van der Waals surface area contributed by atoms with Crippen LogP contribution in [0.2, 0.25) is 5.02 Å². The van der Waals surface area contributed by atoms with Crippen molar-refractivity contribution < 1.29 is 17.9 Å². The summed E-state index contributed by atoms with van der Waals surface area (Å²) in [6.07, 6.45) is 1.40. The SMILES string of the molecule is CCOc1ccc(S(=O)(=O)N2CCC[C@@H](C(=O)N3CCN(CC)CC3)C2)cc1Cl. The lowest BCUT2D eigenvalue weighted by molar-refractivity contribution is -0.138. The number of ether oxygens (including phenoxy) is 1. The van der Waals surface area contributed by atoms with E-state index < -0.39 is 10.0 Å². The van der Waals surface area contributed by atoms with Crippen LogP contribution in [0, 0.1) is 5.92 Å². The van der Waals surface area contributed by atoms with Gasteiger partial charge in [-0.25, -0.2) is 8.42 Å². The Hall–Kier alpha value is -1.35. The topological polar surface area (TPSA) is 70.2 Å². The Morgan fingerprint density at radius 1 is 1.17 bits per heavy atom. The second-order valence-electron chi connectivity index (χ2n) is 7.49. The van der Waals surface area contributed by atoms with Crippen molar-refractivity contribution in [2.75, 3.05) is 52.4 Å². The monoisotopic (exact) mass is 443 g/mol. The maximum absolute atomic E-state index is 13.1. The van der Waals surface area contributed by atoms with Gasteiger partial charge < -0.3 is 14.5 Å². The van der Waals surface area contributed by atoms with Gasteiger partial charge in [0.25, 0.3) is 0 Å². The van der Waals surface area contributed by atoms with E-state index in [4.69, 9.17) is 16.3 Å². The molecule has 2 fully saturated rings. The normalized spacial score (nSPS) is 21.9. The first-order chi connectivity index (χ1) is 13.9. The number of carbonyl (C=O) groups is 1. The van der Waals surface area contributed by atoms with E-state index in [1.165, 1.54) is 16.4 Å². The maximum Gasteiger partial charge on any atom is 0.243 e. The number of halogens is 1. The lowest BCUT2D eigenvalue weighted by Crippen LogP contribution is -2.52. The van der Waals surface area contributed by atoms with Crippen LogP contribution in [0.5, 0.6) is 5.75 Å². The lowest BCUT2D eigenvalue weighted by Gasteiger charge is -2.38. The molecule has 0 bridgehead atoms. The number of amides is 1. The Kier molecular flexibility index (Phi) is 7.42. The third-order valence-corrected chi connectivity index (χ3v) is 7.86. The van der Waals surface area contributed by atoms with Gasteiger partial charge in [0.1, 0.15) is 5.75 Å². The molecule has 162 valence electrons. The second-order valence-corrected chi connectivity index (χ2v) is 9.83. The standard InChI is InChI=1S/C20H30ClN3O4S/c1-3-22-10-12-23(13-11-22)20(25)16-6-5-9-24(15-16)29(26,27)17-7-8-19(28-4-2)18(21)14-17/h7-8,14,16H,3-6,9-13,15H2,1-2H3/t16-/m1/s1. The van der Waals surface area contributed by atoms with E-state index in [0.29, 0.717) is 38.4 Å². The molecule has 0 unspecified atom stereocenters. The van der Waals surface area contributed by atoms with Crippen molar-refractivity contribution in [1.82, 2.24) is 14.1 Å². The van der Waals surface area contributed by atoms with Crippen LogP contribution in [0.25, 0.3) is 0 Å². The summed E-state index contributed by atoms with van der Waals surface area (Å²) in [4.78, 5) is 17.3. The smallest absolute Gasteiger partial charge is 0.243 e. The van der Waals surface area contributed by atoms with E-state index >= 15 is 0 Å². The van der Waals surface area contributed by atoms with Gasteiger partial charge in [0, 0.05) is 39.3 Å². The van der Waals surface area contributed by atoms with Crippen LogP contribution in [-0.2, 0) is 14.8 Å². The predicted octanol–water partition coefficient (Wildman–Crippen LogP) is 2.30. The largest absolute Gasteiger partial charge is 0.492 e. The van der Waals surface area contributed by atoms with E-state index in [9.17, 15) is 13.2 Å². The Bertz CT molecular complexity index is 825. The number of benzene rings is 1. The number of hydrogen-bond acceptors (Lipinski definition) is 5. The van der Waals surface area contributed by atoms with Gasteiger partial charge in [-0.3, -0.25) is 4.79 Å². The van der Waals surface area contributed by atoms with Gasteiger partial charge >= 0.3 is 0 Å². The van der Waals surface area contributed by atoms with Crippen molar-refractivity contribution in [3.05, 3.63) is 23.2 Å². The summed E-state index contributed by atoms with van der Waals surface area (Å²) in [6, 6.07) is 4.53. The molecule has 2 saturated heterocycles. The highest BCUT2D eigenvalue weighted by atomic mass is 35.5. The molecule has 0 aromatic heterocycles. The van der Waals surface area contributed by atoms with Gasteiger partial charge in [-0.15, -0.1) is 0 Å². The van der Waals surface area contributed by atoms with Gasteiger partial charge in [-0.05, 0) is 44.5 Å². The van der Waals surface area contributed by atoms with E-state index in [2.05, 4.69) is 11.8 Å². The van der Waals surface area contributed by atoms with Gasteiger partial charge in [0.15, 0.2) is 0 Å². The second kappa shape index (κ2) is 9.64. The van der Waals surface area contributed by atoms with E-state index in [-0.39, 0.29) is 28.3 Å². The lowest BCUT2D eigenvalue weighted by atomic mass is 9.98. The van der Waals surface area contributed by atoms with Crippen molar-refractivity contribution in [3.8, 4) is 5.75 Å². The van der Waals surface area contributed by atoms with Gasteiger partial charge in [-0.2, -0.15) is 4.31 Å². The number of rotatable bonds is 6. The van der Waals surface area contributed by atoms with Crippen molar-refractivity contribution in [3.63, 3.8) is 0 Å². The first-order valence-electron chi connectivity index (χ1n) is 10.3. The van der Waals surface area contributed by atoms with E-state index in [0.717, 1.165) is 26.1 Å². The summed E-state index contributed by atoms with van der Waals surface area (Å²) in [5.41, 5.74) is 0. The number of piperidine rings is 1. The summed E-state index contributed by atoms with van der Waals surface area (Å²) < 4.78 is 33.1. The molecule has 29 heavy (non-hydrogen) atoms. The number of carbonyl (C=O) groups excluding carboxylic acids is 1. The zero-order valence-corrected chi connectivity index (χ0v) is 18.7. The summed E-state index contributed by atoms with van der Waals surface area (Å²) >= 11 is 6.18. The first-order valence-corrected chi connectivity index (χ1v) is 12.1. The van der Waals surface area contributed by atoms with Gasteiger partial charge in [0.05, 0.1) is 22.4 Å². The van der Waals surface area contributed by atoms with Gasteiger partial charge in [-0.1, -0.05) is 18.5 Å². The number of likely N-dealkylation sites (N-methyl/N-ethyl adjacent to an activating group) is 1. The Labute approximate surface area is 178 Å². The van der Waals surface area contributed by atoms with Crippen LogP contribution in [-0.4, -0.2) is 80.9 Å². The van der Waals surface area contributed by atoms with Crippen molar-refractivity contribution in [2.45, 2.75) is 31.6 Å². The molecule has 7 nitrogen and oxygen atoms in total. The summed E-state index contributed by atoms with van der Waals surface area (Å²) in [5, 5.41) is 0.270. The number of nitrogens with zero attached hydrogens (tertiary/aromatic N) is 3. The molecule has 0 spiro atoms. The van der Waals surface area contributed by atoms with Crippen LogP contribution < -0.4 is 4.74 Å². The minimum atomic E-state index is -3.71. The number of piperazine rings is 1. The Morgan fingerprint density at radius 2 is 1.90 bits per heavy atom. The molecule has 1 aromatic rings. The van der Waals surface area contributed by atoms with Crippen LogP contribution in [0.4, 0.5) is 0 Å². The fourth-order valence-corrected chi connectivity index (χ4v) is 5.82. The van der Waals surface area contributed by atoms with Crippen molar-refractivity contribution in [1.29, 1.82) is 0 Å².